The summed E-state index contributed by atoms with van der Waals surface area (Å²) in [5.74, 6) is 0. The number of carbonyl (C=O) groups excluding carboxylic acids is 3. The van der Waals surface area contributed by atoms with Crippen molar-refractivity contribution in [3.05, 3.63) is 144 Å². The summed E-state index contributed by atoms with van der Waals surface area (Å²) in [6.07, 6.45) is 0. The summed E-state index contributed by atoms with van der Waals surface area (Å²) in [5, 5.41) is 5.64. The fraction of sp³-hybridized carbons (Fsp3) is 0. The molecule has 0 unspecified atom stereocenters. The zero-order chi connectivity index (χ0) is 27.8. The smallest absolute Gasteiger partial charge is 0.737 e. The van der Waals surface area contributed by atoms with Gasteiger partial charge in [0.2, 0.25) is 0 Å². The van der Waals surface area contributed by atoms with Gasteiger partial charge in [-0.15, -0.1) is 0 Å². The van der Waals surface area contributed by atoms with Crippen LogP contribution in [0.15, 0.2) is 127 Å². The van der Waals surface area contributed by atoms with Crippen molar-refractivity contribution in [2.75, 3.05) is 0 Å². The summed E-state index contributed by atoms with van der Waals surface area (Å²) in [6.45, 7) is 0. The van der Waals surface area contributed by atoms with Gasteiger partial charge >= 0.3 is 26.2 Å². The average Bonchev–Trinajstić information content (AvgIpc) is 2.97. The first-order valence-corrected chi connectivity index (χ1v) is 13.1. The molecule has 0 bridgehead atoms. The first kappa shape index (κ1) is 31.2. The predicted molar refractivity (Wildman–Crippen MR) is 173 cm³/mol. The van der Waals surface area contributed by atoms with Crippen molar-refractivity contribution in [3.8, 4) is 0 Å². The molecule has 0 aliphatic carbocycles. The van der Waals surface area contributed by atoms with E-state index in [2.05, 4.69) is 37.9 Å². The van der Waals surface area contributed by atoms with E-state index >= 15 is 0 Å². The van der Waals surface area contributed by atoms with Crippen LogP contribution in [0, 0.1) is 0 Å². The van der Waals surface area contributed by atoms with Crippen molar-refractivity contribution in [3.63, 3.8) is 0 Å². The molecule has 0 fully saturated rings. The average molecular weight is 771 g/mol. The minimum Gasteiger partial charge on any atom is -0.737 e. The van der Waals surface area contributed by atoms with Crippen molar-refractivity contribution in [1.29, 1.82) is 0 Å². The molecule has 0 spiro atoms. The van der Waals surface area contributed by atoms with Crippen LogP contribution >= 0.6 is 0 Å². The fourth-order valence-corrected chi connectivity index (χ4v) is 4.33. The second kappa shape index (κ2) is 14.9. The van der Waals surface area contributed by atoms with Gasteiger partial charge in [0.25, 0.3) is 0 Å². The van der Waals surface area contributed by atoms with Gasteiger partial charge in [-0.25, -0.2) is 0 Å². The van der Waals surface area contributed by atoms with E-state index in [1.165, 1.54) is 0 Å². The number of benzene rings is 6. The number of rotatable bonds is 3. The van der Waals surface area contributed by atoms with Crippen LogP contribution in [0.5, 0.6) is 0 Å². The van der Waals surface area contributed by atoms with E-state index in [1.54, 1.807) is 18.2 Å². The maximum absolute atomic E-state index is 10.9. The van der Waals surface area contributed by atoms with Crippen LogP contribution in [-0.2, 0) is 37.9 Å². The molecule has 6 aromatic carbocycles. The molecule has 40 heavy (non-hydrogen) atoms. The Hall–Kier alpha value is -3.35. The molecule has 194 valence electrons. The van der Waals surface area contributed by atoms with Gasteiger partial charge < -0.3 is 52.3 Å². The van der Waals surface area contributed by atoms with Crippen molar-refractivity contribution >= 4 is 112 Å². The first-order valence-electron chi connectivity index (χ1n) is 11.9. The summed E-state index contributed by atoms with van der Waals surface area (Å²) in [7, 11) is 0. The minimum atomic E-state index is -0.300. The molecule has 0 aliphatic heterocycles. The summed E-state index contributed by atoms with van der Waals surface area (Å²) < 4.78 is 0. The molecule has 6 rings (SSSR count). The zero-order valence-corrected chi connectivity index (χ0v) is 26.9. The molecule has 0 heterocycles. The van der Waals surface area contributed by atoms with Crippen LogP contribution in [0.3, 0.4) is 0 Å². The monoisotopic (exact) mass is 770 g/mol. The van der Waals surface area contributed by atoms with Crippen molar-refractivity contribution in [1.82, 2.24) is 0 Å². The molecule has 0 saturated heterocycles. The Morgan fingerprint density at radius 3 is 0.800 bits per heavy atom. The molecule has 3 nitrogen and oxygen atoms in total. The van der Waals surface area contributed by atoms with Crippen molar-refractivity contribution in [2.24, 2.45) is 0 Å². The Balaban J connectivity index is 0.000000163. The van der Waals surface area contributed by atoms with Crippen LogP contribution in [-0.4, -0.2) is 41.5 Å². The Bertz CT molecular complexity index is 1610. The van der Waals surface area contributed by atoms with E-state index in [0.29, 0.717) is 16.7 Å². The Kier molecular flexibility index (Phi) is 11.6. The third-order valence-corrected chi connectivity index (χ3v) is 6.66. The predicted octanol–water partition coefficient (Wildman–Crippen LogP) is 7.20. The molecule has 0 saturated carbocycles. The van der Waals surface area contributed by atoms with Crippen molar-refractivity contribution < 1.29 is 14.4 Å². The van der Waals surface area contributed by atoms with Gasteiger partial charge in [0.05, 0.1) is 0 Å². The topological polar surface area (TPSA) is 51.2 Å². The molecular formula is C33H21BiO3S3. The third kappa shape index (κ3) is 8.33. The number of hydrogen-bond acceptors (Lipinski definition) is 6. The van der Waals surface area contributed by atoms with E-state index in [4.69, 9.17) is 0 Å². The second-order valence-electron chi connectivity index (χ2n) is 8.55. The van der Waals surface area contributed by atoms with Gasteiger partial charge in [0.1, 0.15) is 0 Å². The zero-order valence-electron chi connectivity index (χ0n) is 21.0. The molecule has 0 aliphatic rings. The van der Waals surface area contributed by atoms with Gasteiger partial charge in [0.15, 0.2) is 0 Å². The molecule has 0 amide bonds. The van der Waals surface area contributed by atoms with Crippen LogP contribution in [0.25, 0.3) is 32.3 Å². The van der Waals surface area contributed by atoms with Gasteiger partial charge in [0, 0.05) is 15.3 Å². The largest absolute Gasteiger partial charge is 3.00 e. The minimum absolute atomic E-state index is 0. The molecule has 6 aromatic rings. The van der Waals surface area contributed by atoms with Crippen LogP contribution in [0.2, 0.25) is 0 Å². The SMILES string of the molecule is O=C([S-])c1ccc2ccccc2c1.O=C([S-])c1ccc2ccccc2c1.O=C([S-])c1ccc2ccccc2c1.[Bi+3]. The molecule has 0 aromatic heterocycles. The number of carbonyl (C=O) groups is 3. The van der Waals surface area contributed by atoms with Crippen molar-refractivity contribution in [2.45, 2.75) is 0 Å². The second-order valence-corrected chi connectivity index (χ2v) is 9.66. The van der Waals surface area contributed by atoms with Crippen LogP contribution in [0.1, 0.15) is 31.1 Å². The maximum atomic E-state index is 10.9. The Labute approximate surface area is 268 Å². The van der Waals surface area contributed by atoms with E-state index in [0.717, 1.165) is 32.3 Å². The number of fused-ring (bicyclic) bond motifs is 3. The maximum Gasteiger partial charge on any atom is 3.00 e. The summed E-state index contributed by atoms with van der Waals surface area (Å²) in [6, 6.07) is 40.2. The fourth-order valence-electron chi connectivity index (χ4n) is 3.95. The molecule has 7 heteroatoms. The molecular weight excluding hydrogens is 750 g/mol. The van der Waals surface area contributed by atoms with E-state index in [1.807, 2.05) is 109 Å². The first-order chi connectivity index (χ1) is 18.8. The number of hydrogen-bond donors (Lipinski definition) is 0. The standard InChI is InChI=1S/3C11H8OS.Bi/c3*12-11(13)10-6-5-8-3-1-2-4-9(8)7-10;/h3*1-7H,(H,12,13);/q;;;+3/p-3. The van der Waals surface area contributed by atoms with Gasteiger partial charge in [-0.3, -0.25) is 0 Å². The Morgan fingerprint density at radius 1 is 0.350 bits per heavy atom. The summed E-state index contributed by atoms with van der Waals surface area (Å²) >= 11 is 13.7. The molecule has 0 N–H and O–H groups in total. The normalized spacial score (nSPS) is 9.90. The van der Waals surface area contributed by atoms with E-state index in [9.17, 15) is 14.4 Å². The van der Waals surface area contributed by atoms with Gasteiger partial charge in [-0.05, 0) is 67.2 Å². The van der Waals surface area contributed by atoms with E-state index < -0.39 is 0 Å². The quantitative estimate of drug-likeness (QED) is 0.140. The van der Waals surface area contributed by atoms with Gasteiger partial charge in [-0.2, -0.15) is 0 Å². The summed E-state index contributed by atoms with van der Waals surface area (Å²) in [5.41, 5.74) is 1.77. The third-order valence-electron chi connectivity index (χ3n) is 5.96. The van der Waals surface area contributed by atoms with Gasteiger partial charge in [-0.1, -0.05) is 109 Å². The van der Waals surface area contributed by atoms with E-state index in [-0.39, 0.29) is 41.5 Å². The molecule has 2 radical (unpaired) electrons. The summed E-state index contributed by atoms with van der Waals surface area (Å²) in [4.78, 5) is 32.7. The van der Waals surface area contributed by atoms with Crippen LogP contribution < -0.4 is 0 Å². The van der Waals surface area contributed by atoms with Crippen LogP contribution in [0.4, 0.5) is 0 Å². The molecule has 0 atom stereocenters. The Morgan fingerprint density at radius 2 is 0.575 bits per heavy atom.